The average molecular weight is 422 g/mol. The summed E-state index contributed by atoms with van der Waals surface area (Å²) < 4.78 is 24.2. The van der Waals surface area contributed by atoms with Crippen LogP contribution in [0.5, 0.6) is 11.5 Å². The molecule has 0 aliphatic carbocycles. The molecule has 0 radical (unpaired) electrons. The topological polar surface area (TPSA) is 76.7 Å². The number of halogens is 1. The lowest BCUT2D eigenvalue weighted by Gasteiger charge is -2.11. The van der Waals surface area contributed by atoms with Crippen molar-refractivity contribution in [3.63, 3.8) is 0 Å². The number of anilines is 1. The van der Waals surface area contributed by atoms with Gasteiger partial charge in [-0.25, -0.2) is 4.39 Å². The summed E-state index contributed by atoms with van der Waals surface area (Å²) in [5.74, 6) is -0.246. The van der Waals surface area contributed by atoms with Crippen LogP contribution in [0.1, 0.15) is 22.8 Å². The number of hydrogen-bond acceptors (Lipinski definition) is 4. The van der Waals surface area contributed by atoms with Crippen LogP contribution in [0.3, 0.4) is 0 Å². The Morgan fingerprint density at radius 2 is 1.74 bits per heavy atom. The Bertz CT molecular complexity index is 1060. The average Bonchev–Trinajstić information content (AvgIpc) is 2.77. The second kappa shape index (κ2) is 10.8. The summed E-state index contributed by atoms with van der Waals surface area (Å²) in [6.45, 7) is 2.30. The van der Waals surface area contributed by atoms with Gasteiger partial charge in [0.15, 0.2) is 0 Å². The van der Waals surface area contributed by atoms with E-state index in [-0.39, 0.29) is 24.9 Å². The van der Waals surface area contributed by atoms with E-state index >= 15 is 0 Å². The Labute approximate surface area is 180 Å². The SMILES string of the molecule is CCOc1ccccc1C(=O)NCC(=O)Nc1cccc(COc2cccc(F)c2)c1. The Balaban J connectivity index is 1.52. The van der Waals surface area contributed by atoms with Gasteiger partial charge >= 0.3 is 0 Å². The van der Waals surface area contributed by atoms with Crippen LogP contribution in [0.15, 0.2) is 72.8 Å². The molecule has 160 valence electrons. The van der Waals surface area contributed by atoms with E-state index in [9.17, 15) is 14.0 Å². The fourth-order valence-electron chi connectivity index (χ4n) is 2.86. The molecule has 0 heterocycles. The highest BCUT2D eigenvalue weighted by molar-refractivity contribution is 6.00. The summed E-state index contributed by atoms with van der Waals surface area (Å²) in [7, 11) is 0. The Morgan fingerprint density at radius 3 is 2.55 bits per heavy atom. The number of carbonyl (C=O) groups is 2. The van der Waals surface area contributed by atoms with Crippen molar-refractivity contribution in [3.8, 4) is 11.5 Å². The van der Waals surface area contributed by atoms with Crippen LogP contribution in [-0.4, -0.2) is 25.0 Å². The van der Waals surface area contributed by atoms with Crippen molar-refractivity contribution < 1.29 is 23.5 Å². The largest absolute Gasteiger partial charge is 0.493 e. The summed E-state index contributed by atoms with van der Waals surface area (Å²) >= 11 is 0. The molecule has 0 spiro atoms. The van der Waals surface area contributed by atoms with Gasteiger partial charge < -0.3 is 20.1 Å². The molecule has 0 unspecified atom stereocenters. The van der Waals surface area contributed by atoms with E-state index in [1.54, 1.807) is 54.6 Å². The van der Waals surface area contributed by atoms with E-state index in [0.29, 0.717) is 29.4 Å². The van der Waals surface area contributed by atoms with Gasteiger partial charge in [0.05, 0.1) is 18.7 Å². The lowest BCUT2D eigenvalue weighted by atomic mass is 10.2. The molecule has 0 aliphatic rings. The van der Waals surface area contributed by atoms with Gasteiger partial charge in [0.1, 0.15) is 23.9 Å². The zero-order valence-corrected chi connectivity index (χ0v) is 17.1. The molecule has 3 aromatic carbocycles. The molecule has 2 N–H and O–H groups in total. The van der Waals surface area contributed by atoms with Crippen LogP contribution in [0.2, 0.25) is 0 Å². The molecule has 0 atom stereocenters. The lowest BCUT2D eigenvalue weighted by molar-refractivity contribution is -0.115. The van der Waals surface area contributed by atoms with Gasteiger partial charge in [-0.15, -0.1) is 0 Å². The zero-order chi connectivity index (χ0) is 22.1. The molecule has 0 aliphatic heterocycles. The fourth-order valence-corrected chi connectivity index (χ4v) is 2.86. The maximum atomic E-state index is 13.2. The smallest absolute Gasteiger partial charge is 0.255 e. The number of nitrogens with one attached hydrogen (secondary N) is 2. The minimum Gasteiger partial charge on any atom is -0.493 e. The highest BCUT2D eigenvalue weighted by Gasteiger charge is 2.13. The van der Waals surface area contributed by atoms with Crippen LogP contribution in [0.25, 0.3) is 0 Å². The number of amides is 2. The molecular formula is C24H23FN2O4. The quantitative estimate of drug-likeness (QED) is 0.543. The summed E-state index contributed by atoms with van der Waals surface area (Å²) in [6, 6.07) is 19.8. The Hall–Kier alpha value is -3.87. The predicted octanol–water partition coefficient (Wildman–Crippen LogP) is 4.17. The maximum absolute atomic E-state index is 13.2. The number of para-hydroxylation sites is 1. The van der Waals surface area contributed by atoms with Crippen LogP contribution in [-0.2, 0) is 11.4 Å². The summed E-state index contributed by atoms with van der Waals surface area (Å²) in [4.78, 5) is 24.6. The Kier molecular flexibility index (Phi) is 7.59. The van der Waals surface area contributed by atoms with Gasteiger partial charge in [-0.3, -0.25) is 9.59 Å². The number of ether oxygens (including phenoxy) is 2. The summed E-state index contributed by atoms with van der Waals surface area (Å²) in [5.41, 5.74) is 1.74. The van der Waals surface area contributed by atoms with E-state index in [1.807, 2.05) is 13.0 Å². The third kappa shape index (κ3) is 6.57. The van der Waals surface area contributed by atoms with Gasteiger partial charge in [-0.1, -0.05) is 30.3 Å². The Morgan fingerprint density at radius 1 is 0.935 bits per heavy atom. The maximum Gasteiger partial charge on any atom is 0.255 e. The van der Waals surface area contributed by atoms with E-state index in [0.717, 1.165) is 5.56 Å². The number of rotatable bonds is 9. The van der Waals surface area contributed by atoms with Crippen molar-refractivity contribution >= 4 is 17.5 Å². The third-order valence-electron chi connectivity index (χ3n) is 4.25. The number of benzene rings is 3. The minimum absolute atomic E-state index is 0.191. The molecule has 0 saturated heterocycles. The van der Waals surface area contributed by atoms with Crippen LogP contribution in [0, 0.1) is 5.82 Å². The van der Waals surface area contributed by atoms with Gasteiger partial charge in [0.2, 0.25) is 5.91 Å². The molecule has 0 aromatic heterocycles. The first-order valence-electron chi connectivity index (χ1n) is 9.82. The fraction of sp³-hybridized carbons (Fsp3) is 0.167. The molecule has 3 rings (SSSR count). The monoisotopic (exact) mass is 422 g/mol. The first-order valence-corrected chi connectivity index (χ1v) is 9.82. The van der Waals surface area contributed by atoms with Crippen LogP contribution in [0.4, 0.5) is 10.1 Å². The second-order valence-electron chi connectivity index (χ2n) is 6.61. The van der Waals surface area contributed by atoms with Gasteiger partial charge in [0, 0.05) is 11.8 Å². The minimum atomic E-state index is -0.392. The van der Waals surface area contributed by atoms with Crippen molar-refractivity contribution in [2.24, 2.45) is 0 Å². The summed E-state index contributed by atoms with van der Waals surface area (Å²) in [6.07, 6.45) is 0. The molecule has 2 amide bonds. The van der Waals surface area contributed by atoms with Crippen molar-refractivity contribution in [1.82, 2.24) is 5.32 Å². The molecule has 7 heteroatoms. The van der Waals surface area contributed by atoms with E-state index in [4.69, 9.17) is 9.47 Å². The first-order chi connectivity index (χ1) is 15.0. The highest BCUT2D eigenvalue weighted by Crippen LogP contribution is 2.18. The molecular weight excluding hydrogens is 399 g/mol. The number of hydrogen-bond donors (Lipinski definition) is 2. The molecule has 3 aromatic rings. The van der Waals surface area contributed by atoms with Crippen molar-refractivity contribution in [3.05, 3.63) is 89.7 Å². The predicted molar refractivity (Wildman–Crippen MR) is 116 cm³/mol. The molecule has 0 bridgehead atoms. The van der Waals surface area contributed by atoms with Crippen molar-refractivity contribution in [2.45, 2.75) is 13.5 Å². The van der Waals surface area contributed by atoms with Gasteiger partial charge in [-0.05, 0) is 48.9 Å². The molecule has 6 nitrogen and oxygen atoms in total. The van der Waals surface area contributed by atoms with Crippen LogP contribution >= 0.6 is 0 Å². The van der Waals surface area contributed by atoms with Gasteiger partial charge in [-0.2, -0.15) is 0 Å². The lowest BCUT2D eigenvalue weighted by Crippen LogP contribution is -2.33. The third-order valence-corrected chi connectivity index (χ3v) is 4.25. The molecule has 31 heavy (non-hydrogen) atoms. The van der Waals surface area contributed by atoms with Crippen LogP contribution < -0.4 is 20.1 Å². The normalized spacial score (nSPS) is 10.3. The van der Waals surface area contributed by atoms with E-state index < -0.39 is 5.91 Å². The standard InChI is InChI=1S/C24H23FN2O4/c1-2-30-22-12-4-3-11-21(22)24(29)26-15-23(28)27-19-9-5-7-17(13-19)16-31-20-10-6-8-18(25)14-20/h3-14H,2,15-16H2,1H3,(H,26,29)(H,27,28). The van der Waals surface area contributed by atoms with Crippen molar-refractivity contribution in [1.29, 1.82) is 0 Å². The molecule has 0 fully saturated rings. The van der Waals surface area contributed by atoms with Crippen molar-refractivity contribution in [2.75, 3.05) is 18.5 Å². The highest BCUT2D eigenvalue weighted by atomic mass is 19.1. The van der Waals surface area contributed by atoms with Gasteiger partial charge in [0.25, 0.3) is 5.91 Å². The van der Waals surface area contributed by atoms with E-state index in [1.165, 1.54) is 12.1 Å². The molecule has 0 saturated carbocycles. The zero-order valence-electron chi connectivity index (χ0n) is 17.1. The second-order valence-corrected chi connectivity index (χ2v) is 6.61. The first kappa shape index (κ1) is 21.8. The number of carbonyl (C=O) groups excluding carboxylic acids is 2. The van der Waals surface area contributed by atoms with E-state index in [2.05, 4.69) is 10.6 Å². The summed E-state index contributed by atoms with van der Waals surface area (Å²) in [5, 5.41) is 5.33.